The van der Waals surface area contributed by atoms with Crippen LogP contribution in [-0.2, 0) is 16.6 Å². The summed E-state index contributed by atoms with van der Waals surface area (Å²) >= 11 is 1.40. The van der Waals surface area contributed by atoms with Crippen LogP contribution in [0.2, 0.25) is 0 Å². The van der Waals surface area contributed by atoms with Crippen LogP contribution in [0.1, 0.15) is 31.9 Å². The minimum absolute atomic E-state index is 0.0643. The van der Waals surface area contributed by atoms with Crippen LogP contribution in [0.25, 0.3) is 0 Å². The molecule has 1 amide bonds. The lowest BCUT2D eigenvalue weighted by molar-refractivity contribution is 0.0702. The van der Waals surface area contributed by atoms with E-state index in [2.05, 4.69) is 13.0 Å². The van der Waals surface area contributed by atoms with E-state index < -0.39 is 10.0 Å². The van der Waals surface area contributed by atoms with Gasteiger partial charge in [-0.25, -0.2) is 8.42 Å². The van der Waals surface area contributed by atoms with Gasteiger partial charge in [-0.05, 0) is 67.1 Å². The van der Waals surface area contributed by atoms with E-state index in [9.17, 15) is 13.2 Å². The normalized spacial score (nSPS) is 14.9. The van der Waals surface area contributed by atoms with Crippen LogP contribution < -0.4 is 4.74 Å². The van der Waals surface area contributed by atoms with Crippen molar-refractivity contribution in [2.24, 2.45) is 0 Å². The molecule has 0 spiro atoms. The third-order valence-corrected chi connectivity index (χ3v) is 8.81. The predicted octanol–water partition coefficient (Wildman–Crippen LogP) is 4.40. The fourth-order valence-electron chi connectivity index (χ4n) is 3.90. The Labute approximate surface area is 199 Å². The average molecular weight is 485 g/mol. The van der Waals surface area contributed by atoms with Crippen molar-refractivity contribution in [3.63, 3.8) is 0 Å². The lowest BCUT2D eigenvalue weighted by Gasteiger charge is -2.33. The summed E-state index contributed by atoms with van der Waals surface area (Å²) in [7, 11) is -3.53. The number of carbonyl (C=O) groups is 1. The highest BCUT2D eigenvalue weighted by Crippen LogP contribution is 2.26. The summed E-state index contributed by atoms with van der Waals surface area (Å²) in [4.78, 5) is 15.6. The maximum atomic E-state index is 13.0. The molecule has 2 aromatic carbocycles. The Bertz CT molecular complexity index is 1240. The van der Waals surface area contributed by atoms with Crippen molar-refractivity contribution < 1.29 is 17.9 Å². The topological polar surface area (TPSA) is 66.9 Å². The molecule has 1 aliphatic rings. The zero-order valence-corrected chi connectivity index (χ0v) is 20.7. The molecule has 0 bridgehead atoms. The Kier molecular flexibility index (Phi) is 6.88. The fraction of sp³-hybridized carbons (Fsp3) is 0.320. The molecular formula is C25H28N2O4S2. The Morgan fingerprint density at radius 3 is 2.39 bits per heavy atom. The smallest absolute Gasteiger partial charge is 0.264 e. The van der Waals surface area contributed by atoms with Crippen LogP contribution in [0, 0.1) is 20.8 Å². The molecule has 0 saturated carbocycles. The second kappa shape index (κ2) is 9.67. The minimum atomic E-state index is -3.53. The number of thiophene rings is 1. The van der Waals surface area contributed by atoms with Gasteiger partial charge in [-0.2, -0.15) is 4.31 Å². The van der Waals surface area contributed by atoms with E-state index in [4.69, 9.17) is 4.74 Å². The van der Waals surface area contributed by atoms with Gasteiger partial charge in [0, 0.05) is 31.7 Å². The van der Waals surface area contributed by atoms with E-state index in [1.54, 1.807) is 35.2 Å². The quantitative estimate of drug-likeness (QED) is 0.520. The van der Waals surface area contributed by atoms with Gasteiger partial charge < -0.3 is 9.64 Å². The summed E-state index contributed by atoms with van der Waals surface area (Å²) in [6, 6.07) is 14.5. The van der Waals surface area contributed by atoms with Gasteiger partial charge in [0.1, 0.15) is 12.4 Å². The molecule has 3 aromatic rings. The van der Waals surface area contributed by atoms with Crippen molar-refractivity contribution in [2.45, 2.75) is 32.3 Å². The Balaban J connectivity index is 1.36. The molecule has 2 heterocycles. The van der Waals surface area contributed by atoms with Crippen LogP contribution in [0.5, 0.6) is 5.75 Å². The molecule has 1 aromatic heterocycles. The van der Waals surface area contributed by atoms with Crippen LogP contribution in [0.3, 0.4) is 0 Å². The Morgan fingerprint density at radius 1 is 1.00 bits per heavy atom. The van der Waals surface area contributed by atoms with Gasteiger partial charge in [-0.3, -0.25) is 4.79 Å². The number of nitrogens with zero attached hydrogens (tertiary/aromatic N) is 2. The number of sulfonamides is 1. The monoisotopic (exact) mass is 484 g/mol. The largest absolute Gasteiger partial charge is 0.489 e. The molecule has 0 aliphatic carbocycles. The lowest BCUT2D eigenvalue weighted by atomic mass is 10.1. The zero-order valence-electron chi connectivity index (χ0n) is 19.1. The van der Waals surface area contributed by atoms with Gasteiger partial charge in [0.05, 0.1) is 9.77 Å². The van der Waals surface area contributed by atoms with E-state index in [0.29, 0.717) is 24.6 Å². The van der Waals surface area contributed by atoms with Crippen molar-refractivity contribution in [3.05, 3.63) is 81.0 Å². The highest BCUT2D eigenvalue weighted by atomic mass is 32.2. The van der Waals surface area contributed by atoms with E-state index in [1.807, 2.05) is 31.4 Å². The molecule has 0 unspecified atom stereocenters. The van der Waals surface area contributed by atoms with E-state index in [1.165, 1.54) is 21.2 Å². The van der Waals surface area contributed by atoms with Crippen LogP contribution >= 0.6 is 11.3 Å². The van der Waals surface area contributed by atoms with Gasteiger partial charge in [-0.1, -0.05) is 24.3 Å². The molecule has 8 heteroatoms. The van der Waals surface area contributed by atoms with Crippen molar-refractivity contribution in [1.82, 2.24) is 9.21 Å². The molecule has 33 heavy (non-hydrogen) atoms. The summed E-state index contributed by atoms with van der Waals surface area (Å²) in [6.45, 7) is 7.88. The first-order chi connectivity index (χ1) is 15.8. The van der Waals surface area contributed by atoms with E-state index in [0.717, 1.165) is 22.4 Å². The summed E-state index contributed by atoms with van der Waals surface area (Å²) in [5, 5.41) is 1.95. The van der Waals surface area contributed by atoms with Crippen LogP contribution in [-0.4, -0.2) is 49.7 Å². The summed E-state index contributed by atoms with van der Waals surface area (Å²) in [6.07, 6.45) is 0. The number of amides is 1. The molecule has 0 N–H and O–H groups in total. The van der Waals surface area contributed by atoms with Crippen molar-refractivity contribution >= 4 is 27.3 Å². The number of piperazine rings is 1. The lowest BCUT2D eigenvalue weighted by Crippen LogP contribution is -2.50. The summed E-state index contributed by atoms with van der Waals surface area (Å²) < 4.78 is 33.1. The molecule has 1 saturated heterocycles. The minimum Gasteiger partial charge on any atom is -0.489 e. The van der Waals surface area contributed by atoms with Crippen molar-refractivity contribution in [2.75, 3.05) is 26.2 Å². The third kappa shape index (κ3) is 5.13. The number of ether oxygens (including phenoxy) is 1. The number of hydrogen-bond donors (Lipinski definition) is 0. The summed E-state index contributed by atoms with van der Waals surface area (Å²) in [5.74, 6) is 0.799. The SMILES string of the molecule is Cc1cc(C)c(C)c(OCc2csc(C(=O)N3CCN(S(=O)(=O)c4ccccc4)CC3)c2)c1. The zero-order chi connectivity index (χ0) is 23.6. The van der Waals surface area contributed by atoms with E-state index >= 15 is 0 Å². The number of rotatable bonds is 6. The van der Waals surface area contributed by atoms with Gasteiger partial charge in [-0.15, -0.1) is 11.3 Å². The maximum absolute atomic E-state index is 13.0. The third-order valence-electron chi connectivity index (χ3n) is 5.93. The van der Waals surface area contributed by atoms with Gasteiger partial charge in [0.2, 0.25) is 10.0 Å². The molecule has 1 fully saturated rings. The number of hydrogen-bond acceptors (Lipinski definition) is 5. The molecule has 0 atom stereocenters. The number of aryl methyl sites for hydroxylation is 2. The first-order valence-corrected chi connectivity index (χ1v) is 13.2. The predicted molar refractivity (Wildman–Crippen MR) is 130 cm³/mol. The maximum Gasteiger partial charge on any atom is 0.264 e. The van der Waals surface area contributed by atoms with Crippen molar-refractivity contribution in [1.29, 1.82) is 0 Å². The van der Waals surface area contributed by atoms with Crippen LogP contribution in [0.15, 0.2) is 58.8 Å². The number of carbonyl (C=O) groups excluding carboxylic acids is 1. The summed E-state index contributed by atoms with van der Waals surface area (Å²) in [5.41, 5.74) is 4.42. The Hall–Kier alpha value is -2.68. The highest BCUT2D eigenvalue weighted by molar-refractivity contribution is 7.89. The molecular weight excluding hydrogens is 456 g/mol. The van der Waals surface area contributed by atoms with Gasteiger partial charge in [0.15, 0.2) is 0 Å². The first kappa shape index (κ1) is 23.5. The van der Waals surface area contributed by atoms with Gasteiger partial charge >= 0.3 is 0 Å². The first-order valence-electron chi connectivity index (χ1n) is 10.9. The highest BCUT2D eigenvalue weighted by Gasteiger charge is 2.30. The molecule has 6 nitrogen and oxygen atoms in total. The van der Waals surface area contributed by atoms with Crippen molar-refractivity contribution in [3.8, 4) is 5.75 Å². The van der Waals surface area contributed by atoms with E-state index in [-0.39, 0.29) is 23.9 Å². The Morgan fingerprint density at radius 2 is 1.70 bits per heavy atom. The van der Waals surface area contributed by atoms with Gasteiger partial charge in [0.25, 0.3) is 5.91 Å². The molecule has 0 radical (unpaired) electrons. The number of benzene rings is 2. The second-order valence-electron chi connectivity index (χ2n) is 8.32. The molecule has 4 rings (SSSR count). The standard InChI is InChI=1S/C25H28N2O4S2/c1-18-13-19(2)20(3)23(14-18)31-16-21-15-24(32-17-21)25(28)26-9-11-27(12-10-26)33(29,30)22-7-5-4-6-8-22/h4-8,13-15,17H,9-12,16H2,1-3H3. The molecule has 174 valence electrons. The fourth-order valence-corrected chi connectivity index (χ4v) is 6.21. The average Bonchev–Trinajstić information content (AvgIpc) is 3.29. The van der Waals surface area contributed by atoms with Crippen LogP contribution in [0.4, 0.5) is 0 Å². The second-order valence-corrected chi connectivity index (χ2v) is 11.2. The molecule has 1 aliphatic heterocycles.